The average Bonchev–Trinajstić information content (AvgIpc) is 2.94. The highest BCUT2D eigenvalue weighted by atomic mass is 19.1. The number of carbonyl (C=O) groups is 3. The van der Waals surface area contributed by atoms with Crippen LogP contribution in [0.25, 0.3) is 0 Å². The molecule has 0 radical (unpaired) electrons. The summed E-state index contributed by atoms with van der Waals surface area (Å²) in [6.45, 7) is 0. The molecule has 118 valence electrons. The van der Waals surface area contributed by atoms with Crippen molar-refractivity contribution < 1.29 is 23.5 Å². The maximum atomic E-state index is 13.7. The zero-order valence-corrected chi connectivity index (χ0v) is 12.1. The SMILES string of the molecule is COC(=O)[C@@H](Cc1ccccc1F)NC(=O)[C@H]1CCC(=O)N1. The molecule has 0 spiro atoms. The van der Waals surface area contributed by atoms with Crippen LogP contribution in [0.15, 0.2) is 24.3 Å². The molecule has 1 aliphatic rings. The lowest BCUT2D eigenvalue weighted by atomic mass is 10.0. The number of halogens is 1. The first kappa shape index (κ1) is 15.9. The Labute approximate surface area is 127 Å². The molecule has 0 aromatic heterocycles. The largest absolute Gasteiger partial charge is 0.467 e. The van der Waals surface area contributed by atoms with Gasteiger partial charge >= 0.3 is 5.97 Å². The van der Waals surface area contributed by atoms with Gasteiger partial charge in [0.15, 0.2) is 0 Å². The fourth-order valence-corrected chi connectivity index (χ4v) is 2.30. The van der Waals surface area contributed by atoms with Crippen molar-refractivity contribution in [3.63, 3.8) is 0 Å². The first-order valence-corrected chi connectivity index (χ1v) is 6.92. The van der Waals surface area contributed by atoms with E-state index < -0.39 is 29.8 Å². The molecule has 1 heterocycles. The summed E-state index contributed by atoms with van der Waals surface area (Å²) in [5, 5.41) is 5.03. The number of ether oxygens (including phenoxy) is 1. The molecule has 1 aliphatic heterocycles. The molecule has 2 rings (SSSR count). The second kappa shape index (κ2) is 7.02. The van der Waals surface area contributed by atoms with Crippen LogP contribution in [-0.2, 0) is 25.5 Å². The molecule has 0 bridgehead atoms. The summed E-state index contributed by atoms with van der Waals surface area (Å²) in [5.41, 5.74) is 0.300. The van der Waals surface area contributed by atoms with E-state index in [9.17, 15) is 18.8 Å². The van der Waals surface area contributed by atoms with E-state index >= 15 is 0 Å². The van der Waals surface area contributed by atoms with Gasteiger partial charge in [0.1, 0.15) is 17.9 Å². The van der Waals surface area contributed by atoms with Crippen LogP contribution in [0.4, 0.5) is 4.39 Å². The molecule has 0 unspecified atom stereocenters. The van der Waals surface area contributed by atoms with Crippen LogP contribution in [-0.4, -0.2) is 37.0 Å². The van der Waals surface area contributed by atoms with Gasteiger partial charge in [-0.15, -0.1) is 0 Å². The van der Waals surface area contributed by atoms with Crippen molar-refractivity contribution in [1.29, 1.82) is 0 Å². The Morgan fingerprint density at radius 2 is 2.18 bits per heavy atom. The number of rotatable bonds is 5. The van der Waals surface area contributed by atoms with E-state index in [1.807, 2.05) is 0 Å². The van der Waals surface area contributed by atoms with Gasteiger partial charge in [0.25, 0.3) is 0 Å². The normalized spacial score (nSPS) is 18.5. The Kier molecular flexibility index (Phi) is 5.08. The molecule has 1 fully saturated rings. The lowest BCUT2D eigenvalue weighted by Gasteiger charge is -2.19. The number of carbonyl (C=O) groups excluding carboxylic acids is 3. The quantitative estimate of drug-likeness (QED) is 0.767. The second-order valence-electron chi connectivity index (χ2n) is 5.04. The zero-order chi connectivity index (χ0) is 16.1. The van der Waals surface area contributed by atoms with Crippen LogP contribution < -0.4 is 10.6 Å². The first-order valence-electron chi connectivity index (χ1n) is 6.92. The van der Waals surface area contributed by atoms with Crippen molar-refractivity contribution in [2.24, 2.45) is 0 Å². The van der Waals surface area contributed by atoms with Crippen LogP contribution in [0.1, 0.15) is 18.4 Å². The summed E-state index contributed by atoms with van der Waals surface area (Å²) in [6, 6.07) is 4.33. The van der Waals surface area contributed by atoms with E-state index in [1.54, 1.807) is 12.1 Å². The highest BCUT2D eigenvalue weighted by Gasteiger charge is 2.31. The monoisotopic (exact) mass is 308 g/mol. The summed E-state index contributed by atoms with van der Waals surface area (Å²) >= 11 is 0. The zero-order valence-electron chi connectivity index (χ0n) is 12.1. The fraction of sp³-hybridized carbons (Fsp3) is 0.400. The number of amides is 2. The highest BCUT2D eigenvalue weighted by Crippen LogP contribution is 2.11. The summed E-state index contributed by atoms with van der Waals surface area (Å²) in [7, 11) is 1.19. The summed E-state index contributed by atoms with van der Waals surface area (Å²) < 4.78 is 18.3. The van der Waals surface area contributed by atoms with Gasteiger partial charge in [0.2, 0.25) is 11.8 Å². The molecule has 2 atom stereocenters. The number of esters is 1. The summed E-state index contributed by atoms with van der Waals surface area (Å²) in [4.78, 5) is 35.0. The van der Waals surface area contributed by atoms with Crippen molar-refractivity contribution in [3.8, 4) is 0 Å². The third-order valence-corrected chi connectivity index (χ3v) is 3.50. The minimum atomic E-state index is -1.01. The van der Waals surface area contributed by atoms with E-state index in [4.69, 9.17) is 0 Å². The molecule has 1 aromatic rings. The Hall–Kier alpha value is -2.44. The molecule has 22 heavy (non-hydrogen) atoms. The highest BCUT2D eigenvalue weighted by molar-refractivity contribution is 5.93. The van der Waals surface area contributed by atoms with E-state index in [1.165, 1.54) is 19.2 Å². The van der Waals surface area contributed by atoms with Gasteiger partial charge in [-0.2, -0.15) is 0 Å². The molecule has 1 saturated heterocycles. The second-order valence-corrected chi connectivity index (χ2v) is 5.04. The fourth-order valence-electron chi connectivity index (χ4n) is 2.30. The van der Waals surface area contributed by atoms with Gasteiger partial charge < -0.3 is 15.4 Å². The van der Waals surface area contributed by atoms with Gasteiger partial charge in [0, 0.05) is 12.8 Å². The van der Waals surface area contributed by atoms with Crippen LogP contribution >= 0.6 is 0 Å². The van der Waals surface area contributed by atoms with E-state index in [0.29, 0.717) is 12.0 Å². The standard InChI is InChI=1S/C15H17FN2O4/c1-22-15(21)12(8-9-4-2-3-5-10(9)16)18-14(20)11-6-7-13(19)17-11/h2-5,11-12H,6-8H2,1H3,(H,17,19)(H,18,20)/t11-,12-/m1/s1. The van der Waals surface area contributed by atoms with Crippen molar-refractivity contribution in [2.75, 3.05) is 7.11 Å². The van der Waals surface area contributed by atoms with Gasteiger partial charge in [-0.1, -0.05) is 18.2 Å². The van der Waals surface area contributed by atoms with Crippen molar-refractivity contribution in [2.45, 2.75) is 31.3 Å². The van der Waals surface area contributed by atoms with Gasteiger partial charge in [0.05, 0.1) is 7.11 Å². The number of methoxy groups -OCH3 is 1. The molecule has 2 N–H and O–H groups in total. The number of nitrogens with one attached hydrogen (secondary N) is 2. The van der Waals surface area contributed by atoms with Crippen molar-refractivity contribution in [1.82, 2.24) is 10.6 Å². The molecule has 7 heteroatoms. The van der Waals surface area contributed by atoms with Crippen LogP contribution in [0.3, 0.4) is 0 Å². The maximum absolute atomic E-state index is 13.7. The minimum absolute atomic E-state index is 0.0221. The van der Waals surface area contributed by atoms with Crippen LogP contribution in [0.5, 0.6) is 0 Å². The summed E-state index contributed by atoms with van der Waals surface area (Å²) in [6.07, 6.45) is 0.623. The Morgan fingerprint density at radius 1 is 1.45 bits per heavy atom. The number of benzene rings is 1. The average molecular weight is 308 g/mol. The van der Waals surface area contributed by atoms with Crippen LogP contribution in [0, 0.1) is 5.82 Å². The van der Waals surface area contributed by atoms with E-state index in [2.05, 4.69) is 15.4 Å². The molecule has 1 aromatic carbocycles. The molecule has 2 amide bonds. The smallest absolute Gasteiger partial charge is 0.328 e. The lowest BCUT2D eigenvalue weighted by Crippen LogP contribution is -2.50. The summed E-state index contributed by atoms with van der Waals surface area (Å²) in [5.74, 6) is -1.80. The Balaban J connectivity index is 2.06. The van der Waals surface area contributed by atoms with Crippen LogP contribution in [0.2, 0.25) is 0 Å². The molecular weight excluding hydrogens is 291 g/mol. The Morgan fingerprint density at radius 3 is 2.77 bits per heavy atom. The number of hydrogen-bond acceptors (Lipinski definition) is 4. The lowest BCUT2D eigenvalue weighted by molar-refractivity contribution is -0.145. The Bertz CT molecular complexity index is 591. The van der Waals surface area contributed by atoms with Crippen molar-refractivity contribution in [3.05, 3.63) is 35.6 Å². The maximum Gasteiger partial charge on any atom is 0.328 e. The third kappa shape index (κ3) is 3.81. The van der Waals surface area contributed by atoms with Gasteiger partial charge in [-0.25, -0.2) is 9.18 Å². The van der Waals surface area contributed by atoms with E-state index in [-0.39, 0.29) is 18.7 Å². The van der Waals surface area contributed by atoms with Crippen molar-refractivity contribution >= 4 is 17.8 Å². The molecule has 0 saturated carbocycles. The van der Waals surface area contributed by atoms with Gasteiger partial charge in [-0.3, -0.25) is 9.59 Å². The number of hydrogen-bond donors (Lipinski definition) is 2. The van der Waals surface area contributed by atoms with E-state index in [0.717, 1.165) is 0 Å². The predicted octanol–water partition coefficient (Wildman–Crippen LogP) is 0.305. The molecule has 0 aliphatic carbocycles. The topological polar surface area (TPSA) is 84.5 Å². The molecule has 6 nitrogen and oxygen atoms in total. The molecular formula is C15H17FN2O4. The first-order chi connectivity index (χ1) is 10.5. The predicted molar refractivity (Wildman–Crippen MR) is 75.2 cm³/mol. The third-order valence-electron chi connectivity index (χ3n) is 3.50. The van der Waals surface area contributed by atoms with Gasteiger partial charge in [-0.05, 0) is 18.1 Å². The minimum Gasteiger partial charge on any atom is -0.467 e.